The summed E-state index contributed by atoms with van der Waals surface area (Å²) in [6.45, 7) is 0.487. The average molecular weight is 463 g/mol. The largest absolute Gasteiger partial charge is 0.496 e. The zero-order valence-corrected chi connectivity index (χ0v) is 19.4. The van der Waals surface area contributed by atoms with Crippen molar-refractivity contribution in [1.29, 1.82) is 0 Å². The van der Waals surface area contributed by atoms with Gasteiger partial charge in [-0.15, -0.1) is 0 Å². The minimum Gasteiger partial charge on any atom is -0.496 e. The van der Waals surface area contributed by atoms with Crippen LogP contribution in [0.4, 0.5) is 0 Å². The zero-order chi connectivity index (χ0) is 23.9. The fourth-order valence-electron chi connectivity index (χ4n) is 3.89. The van der Waals surface area contributed by atoms with Crippen LogP contribution in [0.25, 0.3) is 29.1 Å². The fourth-order valence-corrected chi connectivity index (χ4v) is 3.89. The van der Waals surface area contributed by atoms with E-state index in [9.17, 15) is 0 Å². The summed E-state index contributed by atoms with van der Waals surface area (Å²) in [5.41, 5.74) is 6.27. The molecule has 6 nitrogen and oxygen atoms in total. The van der Waals surface area contributed by atoms with Gasteiger partial charge in [-0.2, -0.15) is 5.10 Å². The molecule has 0 amide bonds. The fraction of sp³-hybridized carbons (Fsp3) is 0.103. The number of nitrogens with one attached hydrogen (secondary N) is 2. The van der Waals surface area contributed by atoms with Gasteiger partial charge in [0.05, 0.1) is 18.5 Å². The van der Waals surface area contributed by atoms with E-state index in [1.54, 1.807) is 19.5 Å². The highest BCUT2D eigenvalue weighted by atomic mass is 16.5. The van der Waals surface area contributed by atoms with Crippen molar-refractivity contribution >= 4 is 29.1 Å². The van der Waals surface area contributed by atoms with Crippen molar-refractivity contribution in [3.8, 4) is 11.5 Å². The number of benzene rings is 2. The topological polar surface area (TPSA) is 75.8 Å². The third-order valence-electron chi connectivity index (χ3n) is 5.73. The molecule has 174 valence electrons. The molecular formula is C29H26N4O2. The number of H-pyrrole nitrogens is 2. The highest BCUT2D eigenvalue weighted by molar-refractivity contribution is 5.90. The normalized spacial score (nSPS) is 11.6. The van der Waals surface area contributed by atoms with Crippen molar-refractivity contribution in [2.45, 2.75) is 13.0 Å². The Balaban J connectivity index is 1.20. The summed E-state index contributed by atoms with van der Waals surface area (Å²) in [5.74, 6) is 1.57. The van der Waals surface area contributed by atoms with E-state index in [1.807, 2.05) is 60.8 Å². The van der Waals surface area contributed by atoms with E-state index < -0.39 is 0 Å². The van der Waals surface area contributed by atoms with Crippen LogP contribution in [0.1, 0.15) is 28.1 Å². The van der Waals surface area contributed by atoms with Crippen LogP contribution < -0.4 is 9.47 Å². The Labute approximate surface area is 204 Å². The molecular weight excluding hydrogens is 436 g/mol. The van der Waals surface area contributed by atoms with Crippen LogP contribution in [-0.2, 0) is 13.0 Å². The van der Waals surface area contributed by atoms with Crippen molar-refractivity contribution in [2.24, 2.45) is 0 Å². The van der Waals surface area contributed by atoms with Crippen molar-refractivity contribution in [1.82, 2.24) is 20.2 Å². The van der Waals surface area contributed by atoms with Crippen LogP contribution in [0.5, 0.6) is 11.5 Å². The molecule has 6 heteroatoms. The summed E-state index contributed by atoms with van der Waals surface area (Å²) in [4.78, 5) is 7.27. The number of aromatic amines is 2. The lowest BCUT2D eigenvalue weighted by Gasteiger charge is -2.11. The van der Waals surface area contributed by atoms with E-state index >= 15 is 0 Å². The molecule has 0 unspecified atom stereocenters. The molecule has 35 heavy (non-hydrogen) atoms. The average Bonchev–Trinajstić information content (AvgIpc) is 3.57. The van der Waals surface area contributed by atoms with Crippen molar-refractivity contribution in [3.63, 3.8) is 0 Å². The molecule has 2 aromatic carbocycles. The Kier molecular flexibility index (Phi) is 6.71. The Morgan fingerprint density at radius 2 is 1.86 bits per heavy atom. The molecule has 0 saturated heterocycles. The molecule has 5 rings (SSSR count). The summed E-state index contributed by atoms with van der Waals surface area (Å²) < 4.78 is 11.5. The molecule has 0 aliphatic carbocycles. The van der Waals surface area contributed by atoms with E-state index in [0.717, 1.165) is 51.5 Å². The molecule has 0 atom stereocenters. The van der Waals surface area contributed by atoms with E-state index in [4.69, 9.17) is 9.47 Å². The predicted octanol–water partition coefficient (Wildman–Crippen LogP) is 6.30. The van der Waals surface area contributed by atoms with E-state index in [0.29, 0.717) is 6.61 Å². The van der Waals surface area contributed by atoms with Crippen molar-refractivity contribution < 1.29 is 9.47 Å². The molecule has 0 fully saturated rings. The maximum Gasteiger partial charge on any atom is 0.126 e. The van der Waals surface area contributed by atoms with E-state index in [-0.39, 0.29) is 0 Å². The summed E-state index contributed by atoms with van der Waals surface area (Å²) >= 11 is 0. The van der Waals surface area contributed by atoms with Gasteiger partial charge >= 0.3 is 0 Å². The van der Waals surface area contributed by atoms with Gasteiger partial charge in [0.2, 0.25) is 0 Å². The van der Waals surface area contributed by atoms with Gasteiger partial charge in [0.1, 0.15) is 18.1 Å². The number of hydrogen-bond donors (Lipinski definition) is 2. The van der Waals surface area contributed by atoms with Gasteiger partial charge in [0.25, 0.3) is 0 Å². The van der Waals surface area contributed by atoms with Gasteiger partial charge in [-0.05, 0) is 71.7 Å². The van der Waals surface area contributed by atoms with Crippen LogP contribution >= 0.6 is 0 Å². The number of nitrogens with zero attached hydrogens (tertiary/aromatic N) is 2. The zero-order valence-electron chi connectivity index (χ0n) is 19.4. The first kappa shape index (κ1) is 22.2. The van der Waals surface area contributed by atoms with Gasteiger partial charge in [-0.3, -0.25) is 10.1 Å². The maximum atomic E-state index is 5.89. The number of aromatic nitrogens is 4. The van der Waals surface area contributed by atoms with Gasteiger partial charge in [0.15, 0.2) is 0 Å². The van der Waals surface area contributed by atoms with Crippen LogP contribution in [0.3, 0.4) is 0 Å². The molecule has 5 aromatic rings. The first-order chi connectivity index (χ1) is 17.3. The minimum absolute atomic E-state index is 0.487. The molecule has 0 bridgehead atoms. The van der Waals surface area contributed by atoms with E-state index in [2.05, 4.69) is 50.5 Å². The molecule has 3 heterocycles. The standard InChI is InChI=1S/C29H26N4O2/c1-34-29-19-26(35-20-21-12-15-30-16-13-21)11-9-23(29)5-2-6-24-18-25(33-32-24)10-8-22-4-3-7-28-27(22)14-17-31-28/h2-4,6-19,31H,5,20H2,1H3,(H,32,33)/b6-2+,10-8+. The summed E-state index contributed by atoms with van der Waals surface area (Å²) in [5, 5.41) is 8.68. The number of methoxy groups -OCH3 is 1. The molecule has 0 spiro atoms. The van der Waals surface area contributed by atoms with Gasteiger partial charge < -0.3 is 14.5 Å². The Bertz CT molecular complexity index is 1460. The number of hydrogen-bond acceptors (Lipinski definition) is 4. The summed E-state index contributed by atoms with van der Waals surface area (Å²) in [7, 11) is 1.68. The first-order valence-corrected chi connectivity index (χ1v) is 11.4. The molecule has 0 radical (unpaired) electrons. The van der Waals surface area contributed by atoms with Crippen LogP contribution in [-0.4, -0.2) is 27.3 Å². The third kappa shape index (κ3) is 5.50. The summed E-state index contributed by atoms with van der Waals surface area (Å²) in [6.07, 6.45) is 14.4. The number of allylic oxidation sites excluding steroid dienone is 1. The summed E-state index contributed by atoms with van der Waals surface area (Å²) in [6, 6.07) is 20.1. The maximum absolute atomic E-state index is 5.89. The van der Waals surface area contributed by atoms with Gasteiger partial charge in [0, 0.05) is 35.6 Å². The van der Waals surface area contributed by atoms with E-state index in [1.165, 1.54) is 5.39 Å². The quantitative estimate of drug-likeness (QED) is 0.270. The number of ether oxygens (including phenoxy) is 2. The minimum atomic E-state index is 0.487. The lowest BCUT2D eigenvalue weighted by Crippen LogP contribution is -1.97. The third-order valence-corrected chi connectivity index (χ3v) is 5.73. The Morgan fingerprint density at radius 1 is 0.943 bits per heavy atom. The van der Waals surface area contributed by atoms with Crippen molar-refractivity contribution in [2.75, 3.05) is 7.11 Å². The number of pyridine rings is 1. The van der Waals surface area contributed by atoms with Crippen LogP contribution in [0.15, 0.2) is 85.3 Å². The second kappa shape index (κ2) is 10.6. The second-order valence-electron chi connectivity index (χ2n) is 8.09. The number of rotatable bonds is 9. The molecule has 0 aliphatic heterocycles. The highest BCUT2D eigenvalue weighted by Gasteiger charge is 2.05. The predicted molar refractivity (Wildman–Crippen MR) is 140 cm³/mol. The number of fused-ring (bicyclic) bond motifs is 1. The highest BCUT2D eigenvalue weighted by Crippen LogP contribution is 2.26. The monoisotopic (exact) mass is 462 g/mol. The Hall–Kier alpha value is -4.58. The lowest BCUT2D eigenvalue weighted by atomic mass is 10.1. The van der Waals surface area contributed by atoms with Gasteiger partial charge in [-0.1, -0.05) is 30.4 Å². The Morgan fingerprint density at radius 3 is 2.74 bits per heavy atom. The lowest BCUT2D eigenvalue weighted by molar-refractivity contribution is 0.303. The molecule has 3 aromatic heterocycles. The molecule has 0 saturated carbocycles. The second-order valence-corrected chi connectivity index (χ2v) is 8.09. The van der Waals surface area contributed by atoms with Crippen LogP contribution in [0, 0.1) is 0 Å². The smallest absolute Gasteiger partial charge is 0.126 e. The van der Waals surface area contributed by atoms with Gasteiger partial charge in [-0.25, -0.2) is 0 Å². The SMILES string of the molecule is COc1cc(OCc2ccncc2)ccc1C/C=C/c1cc(/C=C/c2cccc3[nH]ccc23)[nH]n1. The first-order valence-electron chi connectivity index (χ1n) is 11.4. The van der Waals surface area contributed by atoms with Crippen LogP contribution in [0.2, 0.25) is 0 Å². The molecule has 0 aliphatic rings. The van der Waals surface area contributed by atoms with Crippen molar-refractivity contribution in [3.05, 3.63) is 113 Å². The molecule has 2 N–H and O–H groups in total.